The lowest BCUT2D eigenvalue weighted by Gasteiger charge is -2.23. The lowest BCUT2D eigenvalue weighted by Crippen LogP contribution is -2.44. The van der Waals surface area contributed by atoms with Gasteiger partial charge in [-0.3, -0.25) is 19.3 Å². The van der Waals surface area contributed by atoms with Gasteiger partial charge in [-0.1, -0.05) is 0 Å². The molecule has 0 aliphatic rings. The second kappa shape index (κ2) is 10.2. The number of likely N-dealkylation sites (N-methyl/N-ethyl adjacent to an activating group) is 1. The van der Waals surface area contributed by atoms with Crippen LogP contribution in [0.25, 0.3) is 0 Å². The summed E-state index contributed by atoms with van der Waals surface area (Å²) in [5.41, 5.74) is 0. The number of carboxylic acid groups (broad SMARTS) is 1. The zero-order valence-electron chi connectivity index (χ0n) is 12.4. The summed E-state index contributed by atoms with van der Waals surface area (Å²) in [6.07, 6.45) is 2.22. The molecule has 0 aromatic carbocycles. The van der Waals surface area contributed by atoms with Gasteiger partial charge in [-0.15, -0.1) is 0 Å². The quantitative estimate of drug-likeness (QED) is 0.294. The number of nitrogens with zero attached hydrogens (tertiary/aromatic N) is 1. The van der Waals surface area contributed by atoms with Crippen molar-refractivity contribution in [2.45, 2.75) is 38.6 Å². The highest BCUT2D eigenvalue weighted by Crippen LogP contribution is 2.06. The Morgan fingerprint density at radius 1 is 1.10 bits per heavy atom. The van der Waals surface area contributed by atoms with E-state index in [4.69, 9.17) is 5.11 Å². The standard InChI is InChI=1S/C13H25N3O4/c1-10(17)14-8-5-4-6-11(16(2)3)13(20)15-9-7-12(18)19/h11H,4-9H2,1-3H3,(H,14,17)(H,15,20)(H,18,19)/i4+1,5+1,8+1,9+1,14+1. The first-order valence-electron chi connectivity index (χ1n) is 6.75. The minimum absolute atomic E-state index is 0.0550. The number of amides is 2. The average Bonchev–Trinajstić information content (AvgIpc) is 2.32. The number of unbranched alkanes of at least 4 members (excludes halogenated alkanes) is 1. The normalized spacial score (nSPS) is 12.0. The van der Waals surface area contributed by atoms with Gasteiger partial charge in [-0.2, -0.15) is 0 Å². The molecule has 3 N–H and O–H groups in total. The zero-order valence-corrected chi connectivity index (χ0v) is 12.4. The van der Waals surface area contributed by atoms with Crippen LogP contribution in [0.1, 0.15) is 32.6 Å². The highest BCUT2D eigenvalue weighted by molar-refractivity contribution is 5.82. The summed E-state index contributed by atoms with van der Waals surface area (Å²) in [5.74, 6) is -1.14. The second-order valence-electron chi connectivity index (χ2n) is 4.89. The van der Waals surface area contributed by atoms with Crippen LogP contribution >= 0.6 is 0 Å². The number of aliphatic carboxylic acids is 1. The van der Waals surface area contributed by atoms with Gasteiger partial charge in [0, 0.05) is 20.0 Å². The minimum Gasteiger partial charge on any atom is -0.481 e. The maximum atomic E-state index is 11.9. The molecule has 0 radical (unpaired) electrons. The Bertz CT molecular complexity index is 332. The third-order valence-electron chi connectivity index (χ3n) is 2.84. The maximum absolute atomic E-state index is 11.9. The number of rotatable bonds is 10. The Balaban J connectivity index is 3.99. The average molecular weight is 292 g/mol. The number of hydrogen-bond acceptors (Lipinski definition) is 4. The monoisotopic (exact) mass is 292 g/mol. The minimum atomic E-state index is -0.929. The van der Waals surface area contributed by atoms with Gasteiger partial charge in [-0.25, -0.2) is 0 Å². The van der Waals surface area contributed by atoms with Crippen LogP contribution in [0, 0.1) is 0 Å². The molecule has 0 heterocycles. The molecule has 20 heavy (non-hydrogen) atoms. The number of carbonyl (C=O) groups excluding carboxylic acids is 2. The Kier molecular flexibility index (Phi) is 9.36. The van der Waals surface area contributed by atoms with Crippen molar-refractivity contribution in [1.29, 1.82) is 0 Å². The first-order valence-corrected chi connectivity index (χ1v) is 6.75. The van der Waals surface area contributed by atoms with Crippen molar-refractivity contribution in [3.05, 3.63) is 0 Å². The molecular weight excluding hydrogens is 267 g/mol. The van der Waals surface area contributed by atoms with E-state index < -0.39 is 5.97 Å². The van der Waals surface area contributed by atoms with Gasteiger partial charge in [0.15, 0.2) is 0 Å². The van der Waals surface area contributed by atoms with E-state index in [-0.39, 0.29) is 30.8 Å². The van der Waals surface area contributed by atoms with E-state index in [1.807, 2.05) is 19.0 Å². The van der Waals surface area contributed by atoms with Crippen molar-refractivity contribution in [3.8, 4) is 0 Å². The largest absolute Gasteiger partial charge is 0.481 e. The molecule has 0 bridgehead atoms. The van der Waals surface area contributed by atoms with Crippen molar-refractivity contribution < 1.29 is 19.5 Å². The van der Waals surface area contributed by atoms with Crippen molar-refractivity contribution in [3.63, 3.8) is 0 Å². The van der Waals surface area contributed by atoms with Gasteiger partial charge < -0.3 is 15.7 Å². The van der Waals surface area contributed by atoms with Crippen LogP contribution in [0.3, 0.4) is 0 Å². The molecule has 7 nitrogen and oxygen atoms in total. The summed E-state index contributed by atoms with van der Waals surface area (Å²) in [6.45, 7) is 2.22. The highest BCUT2D eigenvalue weighted by atomic mass is 16.4. The van der Waals surface area contributed by atoms with Crippen LogP contribution in [0.15, 0.2) is 0 Å². The first kappa shape index (κ1) is 18.4. The lowest BCUT2D eigenvalue weighted by atomic mass is 10.2. The summed E-state index contributed by atoms with van der Waals surface area (Å²) >= 11 is 0. The SMILES string of the molecule is CC(=O)[15NH][13CH2][13CH2][13CH2]CC(C(=O)N[13CH2]CC(=O)O)N(C)C. The third-order valence-corrected chi connectivity index (χ3v) is 2.84. The van der Waals surface area contributed by atoms with Crippen LogP contribution in [0.5, 0.6) is 0 Å². The lowest BCUT2D eigenvalue weighted by molar-refractivity contribution is -0.137. The molecule has 0 aromatic heterocycles. The van der Waals surface area contributed by atoms with Crippen molar-refractivity contribution in [2.24, 2.45) is 0 Å². The first-order chi connectivity index (χ1) is 9.34. The van der Waals surface area contributed by atoms with E-state index >= 15 is 0 Å². The topological polar surface area (TPSA) is 98.7 Å². The van der Waals surface area contributed by atoms with Crippen molar-refractivity contribution in [2.75, 3.05) is 27.2 Å². The third kappa shape index (κ3) is 9.32. The second-order valence-corrected chi connectivity index (χ2v) is 4.89. The fourth-order valence-corrected chi connectivity index (χ4v) is 1.76. The van der Waals surface area contributed by atoms with Crippen molar-refractivity contribution in [1.82, 2.24) is 15.5 Å². The molecule has 0 fully saturated rings. The van der Waals surface area contributed by atoms with Gasteiger partial charge in [0.2, 0.25) is 11.8 Å². The number of nitrogens with one attached hydrogen (secondary N) is 2. The molecule has 0 rings (SSSR count). The summed E-state index contributed by atoms with van der Waals surface area (Å²) in [7, 11) is 3.63. The summed E-state index contributed by atoms with van der Waals surface area (Å²) in [5, 5.41) is 13.9. The Labute approximate surface area is 119 Å². The van der Waals surface area contributed by atoms with E-state index in [2.05, 4.69) is 10.6 Å². The predicted octanol–water partition coefficient (Wildman–Crippen LogP) is -0.186. The highest BCUT2D eigenvalue weighted by Gasteiger charge is 2.19. The molecule has 1 unspecified atom stereocenters. The predicted molar refractivity (Wildman–Crippen MR) is 75.3 cm³/mol. The molecule has 0 spiro atoms. The van der Waals surface area contributed by atoms with Gasteiger partial charge in [0.1, 0.15) is 0 Å². The molecule has 2 amide bonds. The fourth-order valence-electron chi connectivity index (χ4n) is 1.76. The van der Waals surface area contributed by atoms with E-state index in [9.17, 15) is 14.4 Å². The molecule has 7 heteroatoms. The Morgan fingerprint density at radius 3 is 2.25 bits per heavy atom. The summed E-state index contributed by atoms with van der Waals surface area (Å²) in [4.78, 5) is 34.8. The molecule has 0 saturated carbocycles. The smallest absolute Gasteiger partial charge is 0.305 e. The van der Waals surface area contributed by atoms with Crippen LogP contribution in [0.4, 0.5) is 0 Å². The molecule has 0 aliphatic carbocycles. The Hall–Kier alpha value is -1.63. The fraction of sp³-hybridized carbons (Fsp3) is 0.769. The van der Waals surface area contributed by atoms with Gasteiger partial charge in [0.05, 0.1) is 12.5 Å². The van der Waals surface area contributed by atoms with Gasteiger partial charge in [0.25, 0.3) is 0 Å². The van der Waals surface area contributed by atoms with Gasteiger partial charge >= 0.3 is 5.97 Å². The van der Waals surface area contributed by atoms with Crippen LogP contribution < -0.4 is 10.6 Å². The van der Waals surface area contributed by atoms with E-state index in [0.29, 0.717) is 13.0 Å². The number of carboxylic acids is 1. The molecular formula is C13H25N3O4. The zero-order chi connectivity index (χ0) is 15.5. The number of carbonyl (C=O) groups is 3. The maximum Gasteiger partial charge on any atom is 0.305 e. The summed E-state index contributed by atoms with van der Waals surface area (Å²) in [6, 6.07) is -0.277. The Morgan fingerprint density at radius 2 is 1.75 bits per heavy atom. The molecule has 0 aromatic rings. The van der Waals surface area contributed by atoms with Crippen LogP contribution in [-0.4, -0.2) is 61.0 Å². The molecule has 116 valence electrons. The van der Waals surface area contributed by atoms with Crippen LogP contribution in [0.2, 0.25) is 0 Å². The van der Waals surface area contributed by atoms with E-state index in [1.54, 1.807) is 0 Å². The summed E-state index contributed by atoms with van der Waals surface area (Å²) < 4.78 is 0. The van der Waals surface area contributed by atoms with E-state index in [0.717, 1.165) is 12.8 Å². The molecule has 0 saturated heterocycles. The van der Waals surface area contributed by atoms with Crippen molar-refractivity contribution >= 4 is 17.8 Å². The number of hydrogen-bond donors (Lipinski definition) is 3. The molecule has 0 aliphatic heterocycles. The molecule has 1 atom stereocenters. The van der Waals surface area contributed by atoms with E-state index in [1.165, 1.54) is 6.92 Å². The van der Waals surface area contributed by atoms with Gasteiger partial charge in [-0.05, 0) is 33.4 Å². The van der Waals surface area contributed by atoms with Crippen LogP contribution in [-0.2, 0) is 14.4 Å².